The lowest BCUT2D eigenvalue weighted by molar-refractivity contribution is -0.134. The number of hydrogen-bond acceptors (Lipinski definition) is 5. The average Bonchev–Trinajstić information content (AvgIpc) is 2.69. The molecule has 0 aliphatic carbocycles. The molecule has 0 saturated carbocycles. The summed E-state index contributed by atoms with van der Waals surface area (Å²) in [6, 6.07) is 11.5. The van der Waals surface area contributed by atoms with Crippen LogP contribution in [-0.2, 0) is 14.8 Å². The zero-order valence-electron chi connectivity index (χ0n) is 17.3. The summed E-state index contributed by atoms with van der Waals surface area (Å²) in [6.45, 7) is 6.04. The smallest absolute Gasteiger partial charge is 0.262 e. The van der Waals surface area contributed by atoms with E-state index in [0.717, 1.165) is 10.8 Å². The SMILES string of the molecule is CSCC(C)C(C(=O)NO)N(CCC(C)C)S(=O)(=O)c1ccc2ccccc2c1. The third-order valence-electron chi connectivity index (χ3n) is 4.91. The summed E-state index contributed by atoms with van der Waals surface area (Å²) in [5.41, 5.74) is 1.67. The third kappa shape index (κ3) is 5.72. The van der Waals surface area contributed by atoms with Crippen LogP contribution in [0.4, 0.5) is 0 Å². The van der Waals surface area contributed by atoms with Gasteiger partial charge in [-0.3, -0.25) is 10.0 Å². The Kier molecular flexibility index (Phi) is 8.51. The Balaban J connectivity index is 2.55. The first-order chi connectivity index (χ1) is 13.7. The van der Waals surface area contributed by atoms with Crippen molar-refractivity contribution in [3.8, 4) is 0 Å². The van der Waals surface area contributed by atoms with Gasteiger partial charge in [-0.25, -0.2) is 13.9 Å². The first-order valence-electron chi connectivity index (χ1n) is 9.66. The van der Waals surface area contributed by atoms with Crippen molar-refractivity contribution in [3.05, 3.63) is 42.5 Å². The van der Waals surface area contributed by atoms with E-state index in [9.17, 15) is 18.4 Å². The second-order valence-electron chi connectivity index (χ2n) is 7.66. The highest BCUT2D eigenvalue weighted by atomic mass is 32.2. The molecule has 8 heteroatoms. The minimum absolute atomic E-state index is 0.145. The highest BCUT2D eigenvalue weighted by molar-refractivity contribution is 7.98. The highest BCUT2D eigenvalue weighted by Crippen LogP contribution is 2.27. The summed E-state index contributed by atoms with van der Waals surface area (Å²) in [6.07, 6.45) is 2.51. The van der Waals surface area contributed by atoms with Crippen molar-refractivity contribution in [3.63, 3.8) is 0 Å². The predicted octanol–water partition coefficient (Wildman–Crippen LogP) is 3.75. The molecule has 160 valence electrons. The number of carbonyl (C=O) groups is 1. The molecule has 2 N–H and O–H groups in total. The van der Waals surface area contributed by atoms with Gasteiger partial charge in [0.05, 0.1) is 4.90 Å². The van der Waals surface area contributed by atoms with Crippen LogP contribution in [0.15, 0.2) is 47.4 Å². The van der Waals surface area contributed by atoms with Gasteiger partial charge in [-0.05, 0) is 53.2 Å². The summed E-state index contributed by atoms with van der Waals surface area (Å²) < 4.78 is 28.5. The molecule has 0 fully saturated rings. The van der Waals surface area contributed by atoms with Gasteiger partial charge in [-0.2, -0.15) is 16.1 Å². The van der Waals surface area contributed by atoms with Crippen LogP contribution in [0.3, 0.4) is 0 Å². The second kappa shape index (κ2) is 10.4. The number of sulfonamides is 1. The monoisotopic (exact) mass is 438 g/mol. The van der Waals surface area contributed by atoms with Crippen LogP contribution in [0, 0.1) is 11.8 Å². The zero-order valence-corrected chi connectivity index (χ0v) is 19.0. The Hall–Kier alpha value is -1.61. The molecule has 2 aromatic rings. The van der Waals surface area contributed by atoms with Gasteiger partial charge < -0.3 is 0 Å². The first-order valence-corrected chi connectivity index (χ1v) is 12.5. The van der Waals surface area contributed by atoms with Crippen LogP contribution >= 0.6 is 11.8 Å². The molecule has 0 saturated heterocycles. The number of hydroxylamine groups is 1. The van der Waals surface area contributed by atoms with Crippen molar-refractivity contribution >= 4 is 38.5 Å². The van der Waals surface area contributed by atoms with Gasteiger partial charge in [-0.15, -0.1) is 0 Å². The van der Waals surface area contributed by atoms with Crippen molar-refractivity contribution in [2.75, 3.05) is 18.6 Å². The standard InChI is InChI=1S/C21H30N2O4S2/c1-15(2)11-12-23(20(21(24)22-25)16(3)14-28-4)29(26,27)19-10-9-17-7-5-6-8-18(17)13-19/h5-10,13,15-16,20,25H,11-12,14H2,1-4H3,(H,22,24). The van der Waals surface area contributed by atoms with Crippen molar-refractivity contribution in [2.45, 2.75) is 38.1 Å². The number of rotatable bonds is 10. The van der Waals surface area contributed by atoms with E-state index in [4.69, 9.17) is 0 Å². The number of benzene rings is 2. The van der Waals surface area contributed by atoms with Crippen LogP contribution in [0.1, 0.15) is 27.2 Å². The van der Waals surface area contributed by atoms with Gasteiger partial charge in [0.15, 0.2) is 0 Å². The Bertz CT molecular complexity index is 931. The molecule has 1 amide bonds. The molecule has 0 aliphatic rings. The Morgan fingerprint density at radius 2 is 1.79 bits per heavy atom. The van der Waals surface area contributed by atoms with E-state index in [1.807, 2.05) is 51.3 Å². The van der Waals surface area contributed by atoms with E-state index in [1.165, 1.54) is 16.1 Å². The fourth-order valence-electron chi connectivity index (χ4n) is 3.35. The van der Waals surface area contributed by atoms with Crippen molar-refractivity contribution < 1.29 is 18.4 Å². The molecule has 2 rings (SSSR count). The largest absolute Gasteiger partial charge is 0.289 e. The Labute approximate surface area is 177 Å². The lowest BCUT2D eigenvalue weighted by Crippen LogP contribution is -2.53. The van der Waals surface area contributed by atoms with Crippen molar-refractivity contribution in [2.24, 2.45) is 11.8 Å². The average molecular weight is 439 g/mol. The van der Waals surface area contributed by atoms with Crippen LogP contribution in [-0.4, -0.2) is 48.4 Å². The normalized spacial score (nSPS) is 14.3. The fraction of sp³-hybridized carbons (Fsp3) is 0.476. The van der Waals surface area contributed by atoms with E-state index in [0.29, 0.717) is 12.2 Å². The van der Waals surface area contributed by atoms with Crippen LogP contribution in [0.5, 0.6) is 0 Å². The minimum atomic E-state index is -3.95. The van der Waals surface area contributed by atoms with Gasteiger partial charge in [0.25, 0.3) is 5.91 Å². The maximum atomic E-state index is 13.6. The summed E-state index contributed by atoms with van der Waals surface area (Å²) in [4.78, 5) is 12.7. The highest BCUT2D eigenvalue weighted by Gasteiger charge is 2.39. The van der Waals surface area contributed by atoms with E-state index in [-0.39, 0.29) is 23.3 Å². The molecular weight excluding hydrogens is 408 g/mol. The molecular formula is C21H30N2O4S2. The number of nitrogens with zero attached hydrogens (tertiary/aromatic N) is 1. The molecule has 0 spiro atoms. The first kappa shape index (κ1) is 23.7. The van der Waals surface area contributed by atoms with E-state index >= 15 is 0 Å². The second-order valence-corrected chi connectivity index (χ2v) is 10.5. The molecule has 0 bridgehead atoms. The number of thioether (sulfide) groups is 1. The van der Waals surface area contributed by atoms with Gasteiger partial charge in [-0.1, -0.05) is 51.1 Å². The van der Waals surface area contributed by atoms with Crippen LogP contribution in [0.2, 0.25) is 0 Å². The third-order valence-corrected chi connectivity index (χ3v) is 7.65. The Morgan fingerprint density at radius 3 is 2.38 bits per heavy atom. The summed E-state index contributed by atoms with van der Waals surface area (Å²) in [5.74, 6) is -0.138. The number of amides is 1. The molecule has 2 atom stereocenters. The molecule has 0 aliphatic heterocycles. The van der Waals surface area contributed by atoms with Crippen LogP contribution < -0.4 is 5.48 Å². The van der Waals surface area contributed by atoms with Crippen molar-refractivity contribution in [1.29, 1.82) is 0 Å². The van der Waals surface area contributed by atoms with Crippen LogP contribution in [0.25, 0.3) is 10.8 Å². The molecule has 0 heterocycles. The van der Waals surface area contributed by atoms with E-state index in [2.05, 4.69) is 0 Å². The molecule has 0 radical (unpaired) electrons. The van der Waals surface area contributed by atoms with Gasteiger partial charge >= 0.3 is 0 Å². The number of nitrogens with one attached hydrogen (secondary N) is 1. The molecule has 0 aromatic heterocycles. The van der Waals surface area contributed by atoms with E-state index < -0.39 is 22.0 Å². The van der Waals surface area contributed by atoms with Gasteiger partial charge in [0.1, 0.15) is 6.04 Å². The summed E-state index contributed by atoms with van der Waals surface area (Å²) in [5, 5.41) is 11.1. The maximum Gasteiger partial charge on any atom is 0.262 e. The quantitative estimate of drug-likeness (QED) is 0.436. The number of fused-ring (bicyclic) bond motifs is 1. The molecule has 2 unspecified atom stereocenters. The van der Waals surface area contributed by atoms with Crippen molar-refractivity contribution in [1.82, 2.24) is 9.79 Å². The van der Waals surface area contributed by atoms with Gasteiger partial charge in [0.2, 0.25) is 10.0 Å². The van der Waals surface area contributed by atoms with E-state index in [1.54, 1.807) is 23.7 Å². The molecule has 29 heavy (non-hydrogen) atoms. The molecule has 2 aromatic carbocycles. The maximum absolute atomic E-state index is 13.6. The summed E-state index contributed by atoms with van der Waals surface area (Å²) >= 11 is 1.53. The Morgan fingerprint density at radius 1 is 1.14 bits per heavy atom. The number of carbonyl (C=O) groups excluding carboxylic acids is 1. The molecule has 6 nitrogen and oxygen atoms in total. The predicted molar refractivity (Wildman–Crippen MR) is 119 cm³/mol. The van der Waals surface area contributed by atoms with Gasteiger partial charge in [0, 0.05) is 6.54 Å². The lowest BCUT2D eigenvalue weighted by atomic mass is 10.0. The number of hydrogen-bond donors (Lipinski definition) is 2. The lowest BCUT2D eigenvalue weighted by Gasteiger charge is -2.33. The summed E-state index contributed by atoms with van der Waals surface area (Å²) in [7, 11) is -3.95. The zero-order chi connectivity index (χ0) is 21.6. The topological polar surface area (TPSA) is 86.7 Å². The minimum Gasteiger partial charge on any atom is -0.289 e. The fourth-order valence-corrected chi connectivity index (χ4v) is 5.79.